The first-order valence-electron chi connectivity index (χ1n) is 6.15. The number of esters is 1. The van der Waals surface area contributed by atoms with Crippen LogP contribution in [0.2, 0.25) is 5.02 Å². The van der Waals surface area contributed by atoms with Crippen LogP contribution in [0.5, 0.6) is 0 Å². The molecule has 0 aliphatic carbocycles. The lowest BCUT2D eigenvalue weighted by atomic mass is 10.2. The van der Waals surface area contributed by atoms with Gasteiger partial charge < -0.3 is 4.74 Å². The predicted molar refractivity (Wildman–Crippen MR) is 79.0 cm³/mol. The average molecular weight is 350 g/mol. The highest BCUT2D eigenvalue weighted by molar-refractivity contribution is 7.89. The van der Waals surface area contributed by atoms with Gasteiger partial charge in [-0.05, 0) is 32.0 Å². The number of rotatable bonds is 6. The molecule has 0 bridgehead atoms. The second-order valence-electron chi connectivity index (χ2n) is 4.40. The van der Waals surface area contributed by atoms with Gasteiger partial charge in [0.2, 0.25) is 0 Å². The van der Waals surface area contributed by atoms with Gasteiger partial charge in [0.1, 0.15) is 4.90 Å². The standard InChI is InChI=1S/C13H16ClNO6S/c1-8(16)9(2)21-13(17)10-5-6-11(14)12(7-10)22(18,19)15(3)20-4/h5-7,9H,1-4H3/t9-/m0/s1. The van der Waals surface area contributed by atoms with E-state index in [0.29, 0.717) is 4.47 Å². The quantitative estimate of drug-likeness (QED) is 0.573. The maximum atomic E-state index is 12.2. The molecule has 0 aliphatic heterocycles. The molecule has 122 valence electrons. The van der Waals surface area contributed by atoms with E-state index in [1.54, 1.807) is 0 Å². The van der Waals surface area contributed by atoms with Gasteiger partial charge in [-0.25, -0.2) is 13.2 Å². The molecule has 0 aromatic heterocycles. The highest BCUT2D eigenvalue weighted by Gasteiger charge is 2.26. The van der Waals surface area contributed by atoms with Crippen molar-refractivity contribution in [1.29, 1.82) is 0 Å². The van der Waals surface area contributed by atoms with Crippen molar-refractivity contribution in [2.45, 2.75) is 24.8 Å². The Balaban J connectivity index is 3.20. The van der Waals surface area contributed by atoms with Gasteiger partial charge in [-0.2, -0.15) is 0 Å². The van der Waals surface area contributed by atoms with Crippen molar-refractivity contribution in [2.24, 2.45) is 0 Å². The Morgan fingerprint density at radius 1 is 1.32 bits per heavy atom. The Bertz CT molecular complexity index is 688. The van der Waals surface area contributed by atoms with E-state index in [1.165, 1.54) is 40.1 Å². The summed E-state index contributed by atoms with van der Waals surface area (Å²) in [6.45, 7) is 2.70. The molecule has 0 fully saturated rings. The SMILES string of the molecule is CON(C)S(=O)(=O)c1cc(C(=O)O[C@@H](C)C(C)=O)ccc1Cl. The molecule has 0 radical (unpaired) electrons. The summed E-state index contributed by atoms with van der Waals surface area (Å²) in [5, 5.41) is -0.0694. The Labute approximate surface area is 133 Å². The Morgan fingerprint density at radius 2 is 1.91 bits per heavy atom. The number of carbonyl (C=O) groups excluding carboxylic acids is 2. The monoisotopic (exact) mass is 349 g/mol. The van der Waals surface area contributed by atoms with Crippen LogP contribution in [-0.4, -0.2) is 44.9 Å². The van der Waals surface area contributed by atoms with Crippen LogP contribution in [0.15, 0.2) is 23.1 Å². The first kappa shape index (κ1) is 18.6. The van der Waals surface area contributed by atoms with Gasteiger partial charge in [0.15, 0.2) is 11.9 Å². The van der Waals surface area contributed by atoms with E-state index in [1.807, 2.05) is 0 Å². The number of hydrogen-bond donors (Lipinski definition) is 0. The molecule has 1 aromatic rings. The summed E-state index contributed by atoms with van der Waals surface area (Å²) in [4.78, 5) is 27.4. The molecular formula is C13H16ClNO6S. The number of nitrogens with zero attached hydrogens (tertiary/aromatic N) is 1. The lowest BCUT2D eigenvalue weighted by Crippen LogP contribution is -2.26. The first-order chi connectivity index (χ1) is 10.1. The summed E-state index contributed by atoms with van der Waals surface area (Å²) in [6.07, 6.45) is -0.926. The van der Waals surface area contributed by atoms with E-state index >= 15 is 0 Å². The third kappa shape index (κ3) is 4.04. The largest absolute Gasteiger partial charge is 0.451 e. The second-order valence-corrected chi connectivity index (χ2v) is 6.71. The molecule has 0 spiro atoms. The number of sulfonamides is 1. The van der Waals surface area contributed by atoms with Crippen LogP contribution in [0.25, 0.3) is 0 Å². The van der Waals surface area contributed by atoms with Crippen molar-refractivity contribution in [3.05, 3.63) is 28.8 Å². The van der Waals surface area contributed by atoms with Crippen molar-refractivity contribution in [1.82, 2.24) is 4.47 Å². The minimum absolute atomic E-state index is 0.0411. The van der Waals surface area contributed by atoms with Crippen LogP contribution >= 0.6 is 11.6 Å². The number of Topliss-reactive ketones (excluding diaryl/α,β-unsaturated/α-hetero) is 1. The molecule has 0 aliphatic rings. The molecule has 0 heterocycles. The fraction of sp³-hybridized carbons (Fsp3) is 0.385. The van der Waals surface area contributed by atoms with Gasteiger partial charge in [0.05, 0.1) is 17.7 Å². The normalized spacial score (nSPS) is 13.0. The van der Waals surface area contributed by atoms with Crippen LogP contribution in [0, 0.1) is 0 Å². The molecule has 9 heteroatoms. The maximum absolute atomic E-state index is 12.2. The second kappa shape index (κ2) is 7.19. The Hall–Kier alpha value is -1.48. The van der Waals surface area contributed by atoms with Crippen molar-refractivity contribution in [3.63, 3.8) is 0 Å². The Kier molecular flexibility index (Phi) is 6.07. The summed E-state index contributed by atoms with van der Waals surface area (Å²) in [5.74, 6) is -1.15. The van der Waals surface area contributed by atoms with Crippen LogP contribution in [0.3, 0.4) is 0 Å². The fourth-order valence-corrected chi connectivity index (χ4v) is 2.85. The van der Waals surface area contributed by atoms with Crippen molar-refractivity contribution in [2.75, 3.05) is 14.2 Å². The van der Waals surface area contributed by atoms with Crippen molar-refractivity contribution >= 4 is 33.4 Å². The zero-order valence-electron chi connectivity index (χ0n) is 12.5. The summed E-state index contributed by atoms with van der Waals surface area (Å²) >= 11 is 5.88. The smallest absolute Gasteiger partial charge is 0.338 e. The summed E-state index contributed by atoms with van der Waals surface area (Å²) < 4.78 is 29.9. The highest BCUT2D eigenvalue weighted by Crippen LogP contribution is 2.25. The van der Waals surface area contributed by atoms with Gasteiger partial charge in [-0.15, -0.1) is 0 Å². The van der Waals surface area contributed by atoms with Gasteiger partial charge in [0, 0.05) is 7.05 Å². The van der Waals surface area contributed by atoms with E-state index < -0.39 is 22.1 Å². The number of carbonyl (C=O) groups is 2. The molecule has 0 saturated heterocycles. The molecular weight excluding hydrogens is 334 g/mol. The summed E-state index contributed by atoms with van der Waals surface area (Å²) in [6, 6.07) is 3.64. The Morgan fingerprint density at radius 3 is 2.41 bits per heavy atom. The van der Waals surface area contributed by atoms with Crippen molar-refractivity contribution < 1.29 is 27.6 Å². The van der Waals surface area contributed by atoms with Gasteiger partial charge in [-0.3, -0.25) is 9.63 Å². The van der Waals surface area contributed by atoms with Crippen LogP contribution in [0.4, 0.5) is 0 Å². The lowest BCUT2D eigenvalue weighted by Gasteiger charge is -2.16. The third-order valence-corrected chi connectivity index (χ3v) is 5.06. The van der Waals surface area contributed by atoms with E-state index in [0.717, 1.165) is 6.07 Å². The zero-order valence-corrected chi connectivity index (χ0v) is 14.1. The van der Waals surface area contributed by atoms with Crippen LogP contribution < -0.4 is 0 Å². The van der Waals surface area contributed by atoms with Crippen LogP contribution in [0.1, 0.15) is 24.2 Å². The molecule has 0 saturated carbocycles. The molecule has 1 rings (SSSR count). The maximum Gasteiger partial charge on any atom is 0.338 e. The molecule has 0 N–H and O–H groups in total. The number of benzene rings is 1. The molecule has 1 atom stereocenters. The molecule has 7 nitrogen and oxygen atoms in total. The van der Waals surface area contributed by atoms with E-state index in [-0.39, 0.29) is 21.3 Å². The first-order valence-corrected chi connectivity index (χ1v) is 7.97. The average Bonchev–Trinajstić information content (AvgIpc) is 2.46. The summed E-state index contributed by atoms with van der Waals surface area (Å²) in [5.41, 5.74) is -0.0411. The van der Waals surface area contributed by atoms with E-state index in [2.05, 4.69) is 4.84 Å². The predicted octanol–water partition coefficient (Wildman–Crippen LogP) is 1.66. The van der Waals surface area contributed by atoms with Crippen LogP contribution in [-0.2, 0) is 24.4 Å². The van der Waals surface area contributed by atoms with Gasteiger partial charge in [-0.1, -0.05) is 16.1 Å². The summed E-state index contributed by atoms with van der Waals surface area (Å²) in [7, 11) is -1.65. The van der Waals surface area contributed by atoms with Gasteiger partial charge >= 0.3 is 5.97 Å². The molecule has 0 unspecified atom stereocenters. The number of ketones is 1. The van der Waals surface area contributed by atoms with Gasteiger partial charge in [0.25, 0.3) is 10.0 Å². The molecule has 0 amide bonds. The van der Waals surface area contributed by atoms with E-state index in [9.17, 15) is 18.0 Å². The minimum Gasteiger partial charge on any atom is -0.451 e. The number of hydroxylamine groups is 1. The number of ether oxygens (including phenoxy) is 1. The lowest BCUT2D eigenvalue weighted by molar-refractivity contribution is -0.124. The topological polar surface area (TPSA) is 90.0 Å². The third-order valence-electron chi connectivity index (χ3n) is 2.90. The minimum atomic E-state index is -4.02. The fourth-order valence-electron chi connectivity index (χ4n) is 1.38. The highest BCUT2D eigenvalue weighted by atomic mass is 35.5. The molecule has 22 heavy (non-hydrogen) atoms. The van der Waals surface area contributed by atoms with E-state index in [4.69, 9.17) is 16.3 Å². The number of hydrogen-bond acceptors (Lipinski definition) is 6. The zero-order chi connectivity index (χ0) is 17.1. The number of halogens is 1. The van der Waals surface area contributed by atoms with Crippen molar-refractivity contribution in [3.8, 4) is 0 Å². The molecule has 1 aromatic carbocycles.